The maximum absolute atomic E-state index is 13.4. The largest absolute Gasteiger partial charge is 0.573 e. The first-order chi connectivity index (χ1) is 8.76. The molecule has 1 aliphatic rings. The molecule has 0 atom stereocenters. The van der Waals surface area contributed by atoms with Crippen molar-refractivity contribution < 1.29 is 32.2 Å². The maximum atomic E-state index is 13.4. The topological polar surface area (TPSA) is 49.8 Å². The zero-order valence-electron chi connectivity index (χ0n) is 9.45. The molecular formula is C11H9F4NO3. The van der Waals surface area contributed by atoms with Crippen LogP contribution < -0.4 is 4.74 Å². The van der Waals surface area contributed by atoms with Gasteiger partial charge in [0, 0.05) is 19.0 Å². The van der Waals surface area contributed by atoms with E-state index in [-0.39, 0.29) is 19.0 Å². The highest BCUT2D eigenvalue weighted by Gasteiger charge is 2.34. The van der Waals surface area contributed by atoms with Crippen molar-refractivity contribution in [3.63, 3.8) is 0 Å². The zero-order valence-corrected chi connectivity index (χ0v) is 9.45. The summed E-state index contributed by atoms with van der Waals surface area (Å²) < 4.78 is 52.7. The van der Waals surface area contributed by atoms with Crippen LogP contribution in [-0.4, -0.2) is 35.6 Å². The van der Waals surface area contributed by atoms with E-state index in [9.17, 15) is 22.4 Å². The fraction of sp³-hybridized carbons (Fsp3) is 0.364. The third-order valence-electron chi connectivity index (χ3n) is 2.81. The SMILES string of the molecule is O=C(O)N1CC(c2ccc(OC(F)(F)F)c(F)c2)C1. The van der Waals surface area contributed by atoms with Gasteiger partial charge in [0.1, 0.15) is 0 Å². The average Bonchev–Trinajstić information content (AvgIpc) is 2.17. The van der Waals surface area contributed by atoms with Crippen molar-refractivity contribution in [2.75, 3.05) is 13.1 Å². The number of likely N-dealkylation sites (tertiary alicyclic amines) is 1. The molecule has 1 aliphatic heterocycles. The summed E-state index contributed by atoms with van der Waals surface area (Å²) in [6.45, 7) is 0.405. The molecule has 8 heteroatoms. The molecule has 0 saturated carbocycles. The van der Waals surface area contributed by atoms with E-state index >= 15 is 0 Å². The molecule has 0 radical (unpaired) electrons. The molecule has 1 saturated heterocycles. The summed E-state index contributed by atoms with van der Waals surface area (Å²) in [5.41, 5.74) is 0.449. The Balaban J connectivity index is 2.06. The van der Waals surface area contributed by atoms with Crippen LogP contribution in [0.5, 0.6) is 5.75 Å². The predicted molar refractivity (Wildman–Crippen MR) is 55.4 cm³/mol. The number of amides is 1. The highest BCUT2D eigenvalue weighted by atomic mass is 19.4. The number of alkyl halides is 3. The van der Waals surface area contributed by atoms with E-state index in [1.54, 1.807) is 0 Å². The van der Waals surface area contributed by atoms with E-state index in [1.165, 1.54) is 6.07 Å². The standard InChI is InChI=1S/C11H9F4NO3/c12-8-3-6(7-4-16(5-7)10(17)18)1-2-9(8)19-11(13,14)15/h1-3,7H,4-5H2,(H,17,18). The van der Waals surface area contributed by atoms with Gasteiger partial charge in [-0.2, -0.15) is 0 Å². The average molecular weight is 279 g/mol. The molecule has 2 rings (SSSR count). The lowest BCUT2D eigenvalue weighted by Crippen LogP contribution is -2.47. The number of benzene rings is 1. The number of nitrogens with zero attached hydrogens (tertiary/aromatic N) is 1. The van der Waals surface area contributed by atoms with Crippen LogP contribution in [-0.2, 0) is 0 Å². The Labute approximate surface area is 105 Å². The van der Waals surface area contributed by atoms with Gasteiger partial charge in [0.15, 0.2) is 11.6 Å². The fourth-order valence-corrected chi connectivity index (χ4v) is 1.82. The van der Waals surface area contributed by atoms with Crippen LogP contribution in [0.4, 0.5) is 22.4 Å². The van der Waals surface area contributed by atoms with Crippen LogP contribution in [0.25, 0.3) is 0 Å². The van der Waals surface area contributed by atoms with Gasteiger partial charge < -0.3 is 14.7 Å². The molecule has 4 nitrogen and oxygen atoms in total. The first-order valence-corrected chi connectivity index (χ1v) is 5.29. The lowest BCUT2D eigenvalue weighted by atomic mass is 9.92. The number of ether oxygens (including phenoxy) is 1. The van der Waals surface area contributed by atoms with Gasteiger partial charge in [-0.25, -0.2) is 9.18 Å². The molecule has 0 aliphatic carbocycles. The van der Waals surface area contributed by atoms with Gasteiger partial charge in [0.05, 0.1) is 0 Å². The van der Waals surface area contributed by atoms with Crippen molar-refractivity contribution >= 4 is 6.09 Å². The lowest BCUT2D eigenvalue weighted by Gasteiger charge is -2.37. The van der Waals surface area contributed by atoms with E-state index in [2.05, 4.69) is 4.74 Å². The minimum atomic E-state index is -4.95. The van der Waals surface area contributed by atoms with Crippen LogP contribution in [0.1, 0.15) is 11.5 Å². The Kier molecular flexibility index (Phi) is 3.25. The molecular weight excluding hydrogens is 270 g/mol. The van der Waals surface area contributed by atoms with Gasteiger partial charge >= 0.3 is 12.5 Å². The van der Waals surface area contributed by atoms with Crippen molar-refractivity contribution in [1.82, 2.24) is 4.90 Å². The molecule has 104 valence electrons. The zero-order chi connectivity index (χ0) is 14.2. The third kappa shape index (κ3) is 3.07. The van der Waals surface area contributed by atoms with Crippen LogP contribution in [0.3, 0.4) is 0 Å². The second kappa shape index (κ2) is 4.60. The van der Waals surface area contributed by atoms with Crippen LogP contribution in [0.2, 0.25) is 0 Å². The number of carboxylic acid groups (broad SMARTS) is 1. The van der Waals surface area contributed by atoms with E-state index in [0.29, 0.717) is 5.56 Å². The number of halogens is 4. The van der Waals surface area contributed by atoms with Gasteiger partial charge in [0.2, 0.25) is 0 Å². The summed E-state index contributed by atoms with van der Waals surface area (Å²) in [5, 5.41) is 8.63. The van der Waals surface area contributed by atoms with Crippen molar-refractivity contribution in [1.29, 1.82) is 0 Å². The summed E-state index contributed by atoms with van der Waals surface area (Å²) in [6, 6.07) is 3.13. The Morgan fingerprint density at radius 3 is 2.47 bits per heavy atom. The molecule has 1 aromatic rings. The van der Waals surface area contributed by atoms with Crippen molar-refractivity contribution in [3.8, 4) is 5.75 Å². The van der Waals surface area contributed by atoms with Crippen LogP contribution in [0, 0.1) is 5.82 Å². The Bertz CT molecular complexity index is 497. The van der Waals surface area contributed by atoms with Gasteiger partial charge in [-0.05, 0) is 17.7 Å². The summed E-state index contributed by atoms with van der Waals surface area (Å²) in [4.78, 5) is 11.7. The smallest absolute Gasteiger partial charge is 0.465 e. The quantitative estimate of drug-likeness (QED) is 0.847. The van der Waals surface area contributed by atoms with Gasteiger partial charge in [-0.1, -0.05) is 6.07 Å². The van der Waals surface area contributed by atoms with E-state index < -0.39 is 24.0 Å². The van der Waals surface area contributed by atoms with Crippen molar-refractivity contribution in [3.05, 3.63) is 29.6 Å². The first-order valence-electron chi connectivity index (χ1n) is 5.29. The monoisotopic (exact) mass is 279 g/mol. The second-order valence-corrected chi connectivity index (χ2v) is 4.12. The van der Waals surface area contributed by atoms with Gasteiger partial charge in [-0.15, -0.1) is 13.2 Å². The molecule has 0 spiro atoms. The third-order valence-corrected chi connectivity index (χ3v) is 2.81. The molecule has 1 fully saturated rings. The lowest BCUT2D eigenvalue weighted by molar-refractivity contribution is -0.275. The minimum Gasteiger partial charge on any atom is -0.465 e. The van der Waals surface area contributed by atoms with Crippen molar-refractivity contribution in [2.45, 2.75) is 12.3 Å². The molecule has 19 heavy (non-hydrogen) atoms. The molecule has 1 amide bonds. The molecule has 1 heterocycles. The van der Waals surface area contributed by atoms with Crippen LogP contribution in [0.15, 0.2) is 18.2 Å². The Morgan fingerprint density at radius 2 is 2.00 bits per heavy atom. The molecule has 1 N–H and O–H groups in total. The predicted octanol–water partition coefficient (Wildman–Crippen LogP) is 2.80. The maximum Gasteiger partial charge on any atom is 0.573 e. The summed E-state index contributed by atoms with van der Waals surface area (Å²) >= 11 is 0. The molecule has 0 bridgehead atoms. The highest BCUT2D eigenvalue weighted by molar-refractivity contribution is 5.66. The number of hydrogen-bond donors (Lipinski definition) is 1. The second-order valence-electron chi connectivity index (χ2n) is 4.12. The number of hydrogen-bond acceptors (Lipinski definition) is 2. The fourth-order valence-electron chi connectivity index (χ4n) is 1.82. The summed E-state index contributed by atoms with van der Waals surface area (Å²) in [7, 11) is 0. The van der Waals surface area contributed by atoms with E-state index in [1.807, 2.05) is 0 Å². The highest BCUT2D eigenvalue weighted by Crippen LogP contribution is 2.31. The molecule has 0 unspecified atom stereocenters. The Hall–Kier alpha value is -1.99. The number of carbonyl (C=O) groups is 1. The van der Waals surface area contributed by atoms with Gasteiger partial charge in [-0.3, -0.25) is 0 Å². The van der Waals surface area contributed by atoms with Crippen LogP contribution >= 0.6 is 0 Å². The van der Waals surface area contributed by atoms with Crippen molar-refractivity contribution in [2.24, 2.45) is 0 Å². The summed E-state index contributed by atoms with van der Waals surface area (Å²) in [6.07, 6.45) is -6.02. The van der Waals surface area contributed by atoms with E-state index in [4.69, 9.17) is 5.11 Å². The first kappa shape index (κ1) is 13.4. The van der Waals surface area contributed by atoms with Gasteiger partial charge in [0.25, 0.3) is 0 Å². The summed E-state index contributed by atoms with van der Waals surface area (Å²) in [5.74, 6) is -2.22. The molecule has 0 aromatic heterocycles. The normalized spacial score (nSPS) is 16.1. The number of rotatable bonds is 2. The molecule has 1 aromatic carbocycles. The van der Waals surface area contributed by atoms with E-state index in [0.717, 1.165) is 17.0 Å². The Morgan fingerprint density at radius 1 is 1.37 bits per heavy atom. The minimum absolute atomic E-state index is 0.203.